The fourth-order valence-electron chi connectivity index (χ4n) is 3.56. The summed E-state index contributed by atoms with van der Waals surface area (Å²) in [6, 6.07) is 26.8. The molecule has 1 N–H and O–H groups in total. The van der Waals surface area contributed by atoms with Crippen LogP contribution < -0.4 is 19.6 Å². The van der Waals surface area contributed by atoms with E-state index in [0.29, 0.717) is 47.2 Å². The van der Waals surface area contributed by atoms with Gasteiger partial charge in [-0.1, -0.05) is 52.7 Å². The Bertz CT molecular complexity index is 1470. The lowest BCUT2D eigenvalue weighted by Crippen LogP contribution is -2.17. The second-order valence-electron chi connectivity index (χ2n) is 8.94. The zero-order chi connectivity index (χ0) is 28.3. The summed E-state index contributed by atoms with van der Waals surface area (Å²) in [4.78, 5) is 25.3. The van der Waals surface area contributed by atoms with Crippen LogP contribution in [0.2, 0.25) is 0 Å². The molecule has 8 heteroatoms. The Morgan fingerprint density at radius 1 is 0.850 bits per heavy atom. The summed E-state index contributed by atoms with van der Waals surface area (Å²) in [7, 11) is 0. The van der Waals surface area contributed by atoms with Crippen LogP contribution in [0.3, 0.4) is 0 Å². The molecule has 0 fully saturated rings. The van der Waals surface area contributed by atoms with Crippen molar-refractivity contribution in [2.24, 2.45) is 5.10 Å². The van der Waals surface area contributed by atoms with Gasteiger partial charge in [-0.2, -0.15) is 5.10 Å². The predicted octanol–water partition coefficient (Wildman–Crippen LogP) is 7.11. The minimum atomic E-state index is -0.521. The van der Waals surface area contributed by atoms with Gasteiger partial charge in [0, 0.05) is 15.6 Å². The van der Waals surface area contributed by atoms with Gasteiger partial charge in [0.1, 0.15) is 23.9 Å². The third-order valence-corrected chi connectivity index (χ3v) is 6.24. The molecule has 0 aromatic heterocycles. The first-order valence-electron chi connectivity index (χ1n) is 12.8. The number of hydrogen-bond acceptors (Lipinski definition) is 6. The smallest absolute Gasteiger partial charge is 0.343 e. The number of esters is 1. The molecule has 0 radical (unpaired) electrons. The number of carbonyl (C=O) groups excluding carboxylic acids is 2. The number of ether oxygens (including phenoxy) is 3. The molecule has 7 nitrogen and oxygen atoms in total. The van der Waals surface area contributed by atoms with E-state index >= 15 is 0 Å². The number of benzene rings is 4. The molecule has 0 heterocycles. The van der Waals surface area contributed by atoms with Crippen LogP contribution >= 0.6 is 15.9 Å². The molecule has 4 aromatic carbocycles. The number of aryl methyl sites for hydroxylation is 1. The molecule has 0 spiro atoms. The zero-order valence-electron chi connectivity index (χ0n) is 22.2. The standard InChI is InChI=1S/C32H29BrN2O5/c1-3-18-38-28-15-10-25(11-16-28)32(37)40-30-17-12-27(33)19-26(30)20-34-35-31(36)24-8-13-29(14-9-24)39-21-23-6-4-22(2)5-7-23/h4-17,19-20H,3,18,21H2,1-2H3,(H,35,36). The summed E-state index contributed by atoms with van der Waals surface area (Å²) in [6.07, 6.45) is 2.32. The molecule has 0 saturated heterocycles. The number of amides is 1. The van der Waals surface area contributed by atoms with E-state index in [1.165, 1.54) is 11.8 Å². The van der Waals surface area contributed by atoms with Crippen molar-refractivity contribution >= 4 is 34.0 Å². The Labute approximate surface area is 241 Å². The molecule has 0 saturated carbocycles. The van der Waals surface area contributed by atoms with Gasteiger partial charge in [-0.15, -0.1) is 0 Å². The van der Waals surface area contributed by atoms with Crippen molar-refractivity contribution in [1.29, 1.82) is 0 Å². The Morgan fingerprint density at radius 2 is 1.50 bits per heavy atom. The predicted molar refractivity (Wildman–Crippen MR) is 158 cm³/mol. The molecule has 0 bridgehead atoms. The van der Waals surface area contributed by atoms with Gasteiger partial charge in [0.25, 0.3) is 5.91 Å². The molecule has 0 atom stereocenters. The molecule has 40 heavy (non-hydrogen) atoms. The lowest BCUT2D eigenvalue weighted by Gasteiger charge is -2.09. The highest BCUT2D eigenvalue weighted by molar-refractivity contribution is 9.10. The van der Waals surface area contributed by atoms with E-state index in [9.17, 15) is 9.59 Å². The summed E-state index contributed by atoms with van der Waals surface area (Å²) in [5.74, 6) is 0.736. The summed E-state index contributed by atoms with van der Waals surface area (Å²) in [6.45, 7) is 5.11. The number of carbonyl (C=O) groups is 2. The van der Waals surface area contributed by atoms with Gasteiger partial charge in [-0.3, -0.25) is 4.79 Å². The van der Waals surface area contributed by atoms with E-state index in [0.717, 1.165) is 16.5 Å². The fourth-order valence-corrected chi connectivity index (χ4v) is 3.94. The number of nitrogens with one attached hydrogen (secondary N) is 1. The highest BCUT2D eigenvalue weighted by atomic mass is 79.9. The topological polar surface area (TPSA) is 86.2 Å². The quantitative estimate of drug-likeness (QED) is 0.0858. The van der Waals surface area contributed by atoms with Gasteiger partial charge in [0.05, 0.1) is 18.4 Å². The van der Waals surface area contributed by atoms with E-state index in [-0.39, 0.29) is 5.91 Å². The number of hydrazone groups is 1. The minimum Gasteiger partial charge on any atom is -0.494 e. The van der Waals surface area contributed by atoms with Gasteiger partial charge in [-0.25, -0.2) is 10.2 Å². The number of hydrogen-bond donors (Lipinski definition) is 1. The van der Waals surface area contributed by atoms with Crippen molar-refractivity contribution in [3.8, 4) is 17.2 Å². The maximum atomic E-state index is 12.7. The average Bonchev–Trinajstić information content (AvgIpc) is 2.97. The van der Waals surface area contributed by atoms with E-state index in [1.807, 2.05) is 38.1 Å². The van der Waals surface area contributed by atoms with Crippen LogP contribution in [-0.2, 0) is 6.61 Å². The molecule has 1 amide bonds. The summed E-state index contributed by atoms with van der Waals surface area (Å²) in [5, 5.41) is 4.06. The van der Waals surface area contributed by atoms with Gasteiger partial charge in [0.15, 0.2) is 0 Å². The first-order valence-corrected chi connectivity index (χ1v) is 13.6. The first-order chi connectivity index (χ1) is 19.4. The maximum absolute atomic E-state index is 12.7. The summed E-state index contributed by atoms with van der Waals surface area (Å²) in [5.41, 5.74) is 6.07. The Morgan fingerprint density at radius 3 is 2.17 bits per heavy atom. The molecular weight excluding hydrogens is 572 g/mol. The third-order valence-electron chi connectivity index (χ3n) is 5.75. The molecule has 0 unspecified atom stereocenters. The van der Waals surface area contributed by atoms with E-state index in [1.54, 1.807) is 66.7 Å². The van der Waals surface area contributed by atoms with E-state index in [4.69, 9.17) is 14.2 Å². The van der Waals surface area contributed by atoms with Crippen LogP contribution in [0.5, 0.6) is 17.2 Å². The lowest BCUT2D eigenvalue weighted by atomic mass is 10.2. The number of rotatable bonds is 11. The normalized spacial score (nSPS) is 10.8. The molecule has 0 aliphatic heterocycles. The minimum absolute atomic E-state index is 0.299. The Balaban J connectivity index is 1.34. The van der Waals surface area contributed by atoms with Crippen LogP contribution in [0, 0.1) is 6.92 Å². The third kappa shape index (κ3) is 8.28. The van der Waals surface area contributed by atoms with Crippen LogP contribution in [0.4, 0.5) is 0 Å². The molecule has 4 aromatic rings. The summed E-state index contributed by atoms with van der Waals surface area (Å²) < 4.78 is 17.7. The van der Waals surface area contributed by atoms with Crippen molar-refractivity contribution in [2.45, 2.75) is 26.9 Å². The van der Waals surface area contributed by atoms with Crippen LogP contribution in [0.25, 0.3) is 0 Å². The lowest BCUT2D eigenvalue weighted by molar-refractivity contribution is 0.0734. The van der Waals surface area contributed by atoms with E-state index in [2.05, 4.69) is 26.5 Å². The van der Waals surface area contributed by atoms with Crippen molar-refractivity contribution in [2.75, 3.05) is 6.61 Å². The van der Waals surface area contributed by atoms with Gasteiger partial charge < -0.3 is 14.2 Å². The van der Waals surface area contributed by atoms with Crippen molar-refractivity contribution < 1.29 is 23.8 Å². The second kappa shape index (κ2) is 14.1. The Kier molecular flexibility index (Phi) is 10.1. The van der Waals surface area contributed by atoms with Gasteiger partial charge in [0.2, 0.25) is 0 Å². The average molecular weight is 601 g/mol. The fraction of sp³-hybridized carbons (Fsp3) is 0.156. The van der Waals surface area contributed by atoms with E-state index < -0.39 is 5.97 Å². The van der Waals surface area contributed by atoms with Crippen molar-refractivity contribution in [3.05, 3.63) is 123 Å². The monoisotopic (exact) mass is 600 g/mol. The van der Waals surface area contributed by atoms with Gasteiger partial charge >= 0.3 is 5.97 Å². The molecule has 0 aliphatic rings. The zero-order valence-corrected chi connectivity index (χ0v) is 23.8. The Hall–Kier alpha value is -4.43. The SMILES string of the molecule is CCCOc1ccc(C(=O)Oc2ccc(Br)cc2C=NNC(=O)c2ccc(OCc3ccc(C)cc3)cc2)cc1. The second-order valence-corrected chi connectivity index (χ2v) is 9.86. The summed E-state index contributed by atoms with van der Waals surface area (Å²) >= 11 is 3.42. The van der Waals surface area contributed by atoms with Crippen LogP contribution in [0.1, 0.15) is 50.8 Å². The highest BCUT2D eigenvalue weighted by Crippen LogP contribution is 2.23. The van der Waals surface area contributed by atoms with Gasteiger partial charge in [-0.05, 0) is 85.6 Å². The molecule has 4 rings (SSSR count). The molecular formula is C32H29BrN2O5. The number of nitrogens with zero attached hydrogens (tertiary/aromatic N) is 1. The van der Waals surface area contributed by atoms with Crippen LogP contribution in [-0.4, -0.2) is 24.7 Å². The molecule has 0 aliphatic carbocycles. The first kappa shape index (κ1) is 28.6. The largest absolute Gasteiger partial charge is 0.494 e. The maximum Gasteiger partial charge on any atom is 0.343 e. The van der Waals surface area contributed by atoms with Crippen molar-refractivity contribution in [1.82, 2.24) is 5.43 Å². The molecule has 204 valence electrons. The highest BCUT2D eigenvalue weighted by Gasteiger charge is 2.12. The van der Waals surface area contributed by atoms with Crippen LogP contribution in [0.15, 0.2) is 101 Å². The van der Waals surface area contributed by atoms with Crippen molar-refractivity contribution in [3.63, 3.8) is 0 Å². The number of halogens is 1.